The number of aromatic amines is 1. The van der Waals surface area contributed by atoms with E-state index < -0.39 is 0 Å². The Morgan fingerprint density at radius 1 is 1.09 bits per heavy atom. The van der Waals surface area contributed by atoms with Gasteiger partial charge in [-0.25, -0.2) is 4.98 Å². The molecule has 4 aromatic rings. The predicted molar refractivity (Wildman–Crippen MR) is 121 cm³/mol. The van der Waals surface area contributed by atoms with E-state index in [0.717, 1.165) is 34.2 Å². The van der Waals surface area contributed by atoms with Crippen LogP contribution in [0.1, 0.15) is 38.8 Å². The monoisotopic (exact) mass is 428 g/mol. The number of nitrogens with one attached hydrogen (secondary N) is 1. The maximum Gasteiger partial charge on any atom is 0.256 e. The van der Waals surface area contributed by atoms with Gasteiger partial charge in [0.05, 0.1) is 25.8 Å². The molecule has 32 heavy (non-hydrogen) atoms. The molecule has 1 N–H and O–H groups in total. The predicted octanol–water partition coefficient (Wildman–Crippen LogP) is 4.07. The van der Waals surface area contributed by atoms with Crippen molar-refractivity contribution < 1.29 is 14.3 Å². The molecule has 1 unspecified atom stereocenters. The Labute approximate surface area is 186 Å². The van der Waals surface area contributed by atoms with Crippen LogP contribution in [0, 0.1) is 6.92 Å². The molecule has 7 nitrogen and oxygen atoms in total. The highest BCUT2D eigenvalue weighted by molar-refractivity contribution is 5.97. The van der Waals surface area contributed by atoms with E-state index in [1.54, 1.807) is 20.4 Å². The first-order valence-electron chi connectivity index (χ1n) is 10.5. The molecule has 2 aromatic carbocycles. The van der Waals surface area contributed by atoms with Gasteiger partial charge in [0.1, 0.15) is 0 Å². The fourth-order valence-electron chi connectivity index (χ4n) is 4.46. The summed E-state index contributed by atoms with van der Waals surface area (Å²) in [7, 11) is 3.26. The lowest BCUT2D eigenvalue weighted by atomic mass is 9.87. The molecule has 3 heterocycles. The molecule has 162 valence electrons. The number of hydrogen-bond donors (Lipinski definition) is 1. The quantitative estimate of drug-likeness (QED) is 0.530. The van der Waals surface area contributed by atoms with Gasteiger partial charge in [-0.15, -0.1) is 0 Å². The number of pyridine rings is 1. The SMILES string of the molecule is COc1cc2c(cc1OC)C(c1ccccc1)N(C(=O)c1cnc3n[nH]c(C)c3c1)CC2. The van der Waals surface area contributed by atoms with Crippen LogP contribution in [0.2, 0.25) is 0 Å². The van der Waals surface area contributed by atoms with E-state index in [1.807, 2.05) is 48.2 Å². The largest absolute Gasteiger partial charge is 0.493 e. The van der Waals surface area contributed by atoms with Crippen molar-refractivity contribution in [3.05, 3.63) is 82.7 Å². The van der Waals surface area contributed by atoms with Gasteiger partial charge in [-0.2, -0.15) is 5.10 Å². The van der Waals surface area contributed by atoms with Gasteiger partial charge in [-0.05, 0) is 48.2 Å². The first-order valence-corrected chi connectivity index (χ1v) is 10.5. The second kappa shape index (κ2) is 8.00. The molecule has 0 aliphatic carbocycles. The number of rotatable bonds is 4. The Balaban J connectivity index is 1.63. The van der Waals surface area contributed by atoms with Crippen molar-refractivity contribution in [1.29, 1.82) is 0 Å². The molecule has 7 heteroatoms. The standard InChI is InChI=1S/C25H24N4O3/c1-15-19-11-18(14-26-24(19)28-27-15)25(30)29-10-9-17-12-21(31-2)22(32-3)13-20(17)23(29)16-7-5-4-6-8-16/h4-8,11-14,23H,9-10H2,1-3H3,(H,26,27,28). The van der Waals surface area contributed by atoms with Gasteiger partial charge in [0.15, 0.2) is 17.1 Å². The van der Waals surface area contributed by atoms with Crippen molar-refractivity contribution in [2.75, 3.05) is 20.8 Å². The molecule has 5 rings (SSSR count). The Kier molecular flexibility index (Phi) is 5.01. The zero-order valence-electron chi connectivity index (χ0n) is 18.3. The van der Waals surface area contributed by atoms with Crippen LogP contribution >= 0.6 is 0 Å². The summed E-state index contributed by atoms with van der Waals surface area (Å²) in [6.45, 7) is 2.51. The van der Waals surface area contributed by atoms with Crippen LogP contribution in [0.3, 0.4) is 0 Å². The number of aromatic nitrogens is 3. The number of amides is 1. The van der Waals surface area contributed by atoms with Gasteiger partial charge < -0.3 is 14.4 Å². The third kappa shape index (κ3) is 3.26. The Morgan fingerprint density at radius 3 is 2.59 bits per heavy atom. The number of hydrogen-bond acceptors (Lipinski definition) is 5. The average molecular weight is 428 g/mol. The molecule has 2 aromatic heterocycles. The molecule has 1 aliphatic rings. The summed E-state index contributed by atoms with van der Waals surface area (Å²) in [5.74, 6) is 1.29. The van der Waals surface area contributed by atoms with E-state index in [0.29, 0.717) is 29.3 Å². The summed E-state index contributed by atoms with van der Waals surface area (Å²) in [6.07, 6.45) is 2.34. The second-order valence-electron chi connectivity index (χ2n) is 7.91. The summed E-state index contributed by atoms with van der Waals surface area (Å²) in [5, 5.41) is 7.96. The van der Waals surface area contributed by atoms with Gasteiger partial charge in [-0.3, -0.25) is 9.89 Å². The highest BCUT2D eigenvalue weighted by atomic mass is 16.5. The summed E-state index contributed by atoms with van der Waals surface area (Å²) in [6, 6.07) is 15.7. The minimum atomic E-state index is -0.242. The summed E-state index contributed by atoms with van der Waals surface area (Å²) >= 11 is 0. The van der Waals surface area contributed by atoms with E-state index in [9.17, 15) is 4.79 Å². The number of carbonyl (C=O) groups excluding carboxylic acids is 1. The zero-order valence-corrected chi connectivity index (χ0v) is 18.3. The first-order chi connectivity index (χ1) is 15.6. The van der Waals surface area contributed by atoms with Crippen molar-refractivity contribution >= 4 is 16.9 Å². The number of aryl methyl sites for hydroxylation is 1. The molecule has 1 aliphatic heterocycles. The summed E-state index contributed by atoms with van der Waals surface area (Å²) < 4.78 is 11.1. The fourth-order valence-corrected chi connectivity index (χ4v) is 4.46. The normalized spacial score (nSPS) is 15.5. The minimum absolute atomic E-state index is 0.0608. The first kappa shape index (κ1) is 20.1. The second-order valence-corrected chi connectivity index (χ2v) is 7.91. The lowest BCUT2D eigenvalue weighted by Gasteiger charge is -2.38. The molecule has 1 atom stereocenters. The maximum atomic E-state index is 13.7. The Bertz CT molecular complexity index is 1300. The fraction of sp³-hybridized carbons (Fsp3) is 0.240. The highest BCUT2D eigenvalue weighted by Crippen LogP contribution is 2.41. The molecular formula is C25H24N4O3. The summed E-state index contributed by atoms with van der Waals surface area (Å²) in [4.78, 5) is 20.0. The van der Waals surface area contributed by atoms with Crippen LogP contribution in [0.15, 0.2) is 54.7 Å². The van der Waals surface area contributed by atoms with Crippen molar-refractivity contribution in [1.82, 2.24) is 20.1 Å². The number of methoxy groups -OCH3 is 2. The van der Waals surface area contributed by atoms with Crippen molar-refractivity contribution in [2.24, 2.45) is 0 Å². The summed E-state index contributed by atoms with van der Waals surface area (Å²) in [5.41, 5.74) is 5.29. The lowest BCUT2D eigenvalue weighted by Crippen LogP contribution is -2.40. The van der Waals surface area contributed by atoms with Gasteiger partial charge in [-0.1, -0.05) is 30.3 Å². The van der Waals surface area contributed by atoms with Gasteiger partial charge >= 0.3 is 0 Å². The molecule has 0 saturated heterocycles. The topological polar surface area (TPSA) is 80.3 Å². The Hall–Kier alpha value is -3.87. The molecule has 1 amide bonds. The van der Waals surface area contributed by atoms with Crippen LogP contribution in [0.4, 0.5) is 0 Å². The van der Waals surface area contributed by atoms with Crippen LogP contribution in [-0.4, -0.2) is 46.8 Å². The molecule has 0 fully saturated rings. The van der Waals surface area contributed by atoms with Crippen LogP contribution in [-0.2, 0) is 6.42 Å². The van der Waals surface area contributed by atoms with Crippen molar-refractivity contribution in [2.45, 2.75) is 19.4 Å². The smallest absolute Gasteiger partial charge is 0.256 e. The van der Waals surface area contributed by atoms with Crippen LogP contribution < -0.4 is 9.47 Å². The Morgan fingerprint density at radius 2 is 1.84 bits per heavy atom. The molecular weight excluding hydrogens is 404 g/mol. The van der Waals surface area contributed by atoms with E-state index >= 15 is 0 Å². The van der Waals surface area contributed by atoms with Gasteiger partial charge in [0, 0.05) is 23.8 Å². The van der Waals surface area contributed by atoms with Gasteiger partial charge in [0.25, 0.3) is 5.91 Å². The van der Waals surface area contributed by atoms with Crippen LogP contribution in [0.5, 0.6) is 11.5 Å². The number of H-pyrrole nitrogens is 1. The number of nitrogens with zero attached hydrogens (tertiary/aromatic N) is 3. The van der Waals surface area contributed by atoms with Crippen molar-refractivity contribution in [3.8, 4) is 11.5 Å². The van der Waals surface area contributed by atoms with E-state index in [4.69, 9.17) is 9.47 Å². The third-order valence-corrected chi connectivity index (χ3v) is 6.10. The minimum Gasteiger partial charge on any atom is -0.493 e. The zero-order chi connectivity index (χ0) is 22.2. The number of carbonyl (C=O) groups is 1. The molecule has 0 saturated carbocycles. The average Bonchev–Trinajstić information content (AvgIpc) is 3.22. The number of fused-ring (bicyclic) bond motifs is 2. The van der Waals surface area contributed by atoms with Crippen molar-refractivity contribution in [3.63, 3.8) is 0 Å². The van der Waals surface area contributed by atoms with Crippen LogP contribution in [0.25, 0.3) is 11.0 Å². The van der Waals surface area contributed by atoms with E-state index in [-0.39, 0.29) is 11.9 Å². The van der Waals surface area contributed by atoms with E-state index in [1.165, 1.54) is 0 Å². The highest BCUT2D eigenvalue weighted by Gasteiger charge is 2.34. The number of ether oxygens (including phenoxy) is 2. The molecule has 0 radical (unpaired) electrons. The molecule has 0 spiro atoms. The maximum absolute atomic E-state index is 13.7. The molecule has 0 bridgehead atoms. The number of benzene rings is 2. The van der Waals surface area contributed by atoms with E-state index in [2.05, 4.69) is 27.3 Å². The lowest BCUT2D eigenvalue weighted by molar-refractivity contribution is 0.0694. The third-order valence-electron chi connectivity index (χ3n) is 6.10. The van der Waals surface area contributed by atoms with Gasteiger partial charge in [0.2, 0.25) is 0 Å².